The van der Waals surface area contributed by atoms with Crippen LogP contribution in [0.3, 0.4) is 0 Å². The van der Waals surface area contributed by atoms with E-state index in [1.807, 2.05) is 43.3 Å². The summed E-state index contributed by atoms with van der Waals surface area (Å²) in [6.07, 6.45) is 2.08. The second-order valence-corrected chi connectivity index (χ2v) is 6.08. The molecule has 0 bridgehead atoms. The van der Waals surface area contributed by atoms with Crippen molar-refractivity contribution in [2.45, 2.75) is 18.8 Å². The Kier molecular flexibility index (Phi) is 3.40. The van der Waals surface area contributed by atoms with Crippen LogP contribution in [0.15, 0.2) is 33.2 Å². The number of fused-ring (bicyclic) bond motifs is 1. The minimum Gasteiger partial charge on any atom is -0.423 e. The molecular weight excluding hydrogens is 294 g/mol. The average molecular weight is 313 g/mol. The van der Waals surface area contributed by atoms with Crippen molar-refractivity contribution in [3.8, 4) is 0 Å². The summed E-state index contributed by atoms with van der Waals surface area (Å²) >= 11 is 0. The molecule has 1 saturated heterocycles. The van der Waals surface area contributed by atoms with E-state index in [0.29, 0.717) is 17.9 Å². The van der Waals surface area contributed by atoms with Gasteiger partial charge in [-0.05, 0) is 30.1 Å². The maximum atomic E-state index is 5.88. The highest BCUT2D eigenvalue weighted by Crippen LogP contribution is 2.31. The number of rotatable bonds is 3. The van der Waals surface area contributed by atoms with Crippen LogP contribution in [0.25, 0.3) is 11.1 Å². The van der Waals surface area contributed by atoms with E-state index in [-0.39, 0.29) is 5.92 Å². The normalized spacial score (nSPS) is 18.5. The SMILES string of the molecule is CN(C)c1noc([C@@H]2CCCN(c3nc4ccccc4o3)C2)n1. The number of nitrogens with zero attached hydrogens (tertiary/aromatic N) is 5. The van der Waals surface area contributed by atoms with E-state index in [0.717, 1.165) is 37.0 Å². The van der Waals surface area contributed by atoms with Crippen LogP contribution in [0.2, 0.25) is 0 Å². The Labute approximate surface area is 133 Å². The summed E-state index contributed by atoms with van der Waals surface area (Å²) in [5.74, 6) is 1.51. The summed E-state index contributed by atoms with van der Waals surface area (Å²) in [7, 11) is 3.81. The number of oxazole rings is 1. The molecule has 1 aliphatic rings. The second-order valence-electron chi connectivity index (χ2n) is 6.08. The molecule has 1 fully saturated rings. The predicted octanol–water partition coefficient (Wildman–Crippen LogP) is 2.66. The van der Waals surface area contributed by atoms with Gasteiger partial charge < -0.3 is 18.7 Å². The Morgan fingerprint density at radius 3 is 2.87 bits per heavy atom. The molecule has 3 heterocycles. The van der Waals surface area contributed by atoms with Crippen molar-refractivity contribution in [3.63, 3.8) is 0 Å². The Hall–Kier alpha value is -2.57. The zero-order chi connectivity index (χ0) is 15.8. The van der Waals surface area contributed by atoms with Gasteiger partial charge in [0, 0.05) is 27.2 Å². The predicted molar refractivity (Wildman–Crippen MR) is 86.8 cm³/mol. The van der Waals surface area contributed by atoms with Gasteiger partial charge in [0.2, 0.25) is 5.89 Å². The first-order chi connectivity index (χ1) is 11.2. The van der Waals surface area contributed by atoms with E-state index in [1.54, 1.807) is 0 Å². The fourth-order valence-corrected chi connectivity index (χ4v) is 2.92. The van der Waals surface area contributed by atoms with Gasteiger partial charge >= 0.3 is 0 Å². The summed E-state index contributed by atoms with van der Waals surface area (Å²) < 4.78 is 11.3. The lowest BCUT2D eigenvalue weighted by molar-refractivity contribution is 0.329. The van der Waals surface area contributed by atoms with Crippen LogP contribution in [0.1, 0.15) is 24.7 Å². The van der Waals surface area contributed by atoms with Gasteiger partial charge in [-0.1, -0.05) is 12.1 Å². The van der Waals surface area contributed by atoms with Crippen LogP contribution in [0.5, 0.6) is 0 Å². The third-order valence-corrected chi connectivity index (χ3v) is 4.15. The Balaban J connectivity index is 1.56. The first kappa shape index (κ1) is 14.0. The molecule has 0 spiro atoms. The van der Waals surface area contributed by atoms with Gasteiger partial charge in [0.25, 0.3) is 12.0 Å². The van der Waals surface area contributed by atoms with E-state index < -0.39 is 0 Å². The number of hydrogen-bond donors (Lipinski definition) is 0. The van der Waals surface area contributed by atoms with Gasteiger partial charge in [-0.15, -0.1) is 0 Å². The van der Waals surface area contributed by atoms with Crippen molar-refractivity contribution in [1.29, 1.82) is 0 Å². The number of hydrogen-bond acceptors (Lipinski definition) is 7. The fraction of sp³-hybridized carbons (Fsp3) is 0.438. The Morgan fingerprint density at radius 1 is 1.22 bits per heavy atom. The average Bonchev–Trinajstić information content (AvgIpc) is 3.22. The number of piperidine rings is 1. The maximum absolute atomic E-state index is 5.88. The van der Waals surface area contributed by atoms with Crippen molar-refractivity contribution in [3.05, 3.63) is 30.2 Å². The molecule has 3 aromatic rings. The molecule has 0 aliphatic carbocycles. The largest absolute Gasteiger partial charge is 0.423 e. The highest BCUT2D eigenvalue weighted by Gasteiger charge is 2.28. The topological polar surface area (TPSA) is 71.4 Å². The summed E-state index contributed by atoms with van der Waals surface area (Å²) in [5, 5.41) is 4.01. The van der Waals surface area contributed by atoms with Gasteiger partial charge in [0.1, 0.15) is 5.52 Å². The van der Waals surface area contributed by atoms with Gasteiger partial charge in [-0.3, -0.25) is 0 Å². The van der Waals surface area contributed by atoms with Crippen LogP contribution < -0.4 is 9.80 Å². The summed E-state index contributed by atoms with van der Waals surface area (Å²) in [6.45, 7) is 1.71. The molecule has 7 heteroatoms. The second kappa shape index (κ2) is 5.57. The number of anilines is 2. The van der Waals surface area contributed by atoms with Crippen LogP contribution in [0.4, 0.5) is 12.0 Å². The number of para-hydroxylation sites is 2. The monoisotopic (exact) mass is 313 g/mol. The number of aromatic nitrogens is 3. The standard InChI is InChI=1S/C16H19N5O2/c1-20(2)15-18-14(23-19-15)11-6-5-9-21(10-11)16-17-12-7-3-4-8-13(12)22-16/h3-4,7-8,11H,5-6,9-10H2,1-2H3/t11-/m1/s1. The van der Waals surface area contributed by atoms with E-state index in [9.17, 15) is 0 Å². The Morgan fingerprint density at radius 2 is 2.09 bits per heavy atom. The molecule has 0 saturated carbocycles. The molecule has 1 aromatic carbocycles. The van der Waals surface area contributed by atoms with Crippen LogP contribution in [0, 0.1) is 0 Å². The minimum atomic E-state index is 0.208. The third kappa shape index (κ3) is 2.62. The molecule has 0 amide bonds. The smallest absolute Gasteiger partial charge is 0.298 e. The molecule has 0 radical (unpaired) electrons. The molecule has 0 N–H and O–H groups in total. The van der Waals surface area contributed by atoms with E-state index in [1.165, 1.54) is 0 Å². The molecule has 2 aromatic heterocycles. The summed E-state index contributed by atoms with van der Waals surface area (Å²) in [6, 6.07) is 8.50. The molecule has 23 heavy (non-hydrogen) atoms. The van der Waals surface area contributed by atoms with Crippen molar-refractivity contribution < 1.29 is 8.94 Å². The van der Waals surface area contributed by atoms with Gasteiger partial charge in [-0.25, -0.2) is 0 Å². The van der Waals surface area contributed by atoms with Crippen molar-refractivity contribution >= 4 is 23.1 Å². The molecule has 0 unspecified atom stereocenters. The number of benzene rings is 1. The van der Waals surface area contributed by atoms with Gasteiger partial charge in [-0.2, -0.15) is 9.97 Å². The molecule has 4 rings (SSSR count). The van der Waals surface area contributed by atoms with Crippen molar-refractivity contribution in [1.82, 2.24) is 15.1 Å². The maximum Gasteiger partial charge on any atom is 0.298 e. The summed E-state index contributed by atoms with van der Waals surface area (Å²) in [5.41, 5.74) is 1.70. The van der Waals surface area contributed by atoms with Crippen LogP contribution in [-0.2, 0) is 0 Å². The molecule has 7 nitrogen and oxygen atoms in total. The van der Waals surface area contributed by atoms with Gasteiger partial charge in [0.15, 0.2) is 5.58 Å². The van der Waals surface area contributed by atoms with Crippen LogP contribution in [-0.4, -0.2) is 42.3 Å². The van der Waals surface area contributed by atoms with E-state index in [2.05, 4.69) is 20.0 Å². The minimum absolute atomic E-state index is 0.208. The Bertz CT molecular complexity index is 777. The van der Waals surface area contributed by atoms with Crippen LogP contribution >= 0.6 is 0 Å². The molecular formula is C16H19N5O2. The first-order valence-electron chi connectivity index (χ1n) is 7.82. The van der Waals surface area contributed by atoms with Crippen molar-refractivity contribution in [2.75, 3.05) is 37.0 Å². The third-order valence-electron chi connectivity index (χ3n) is 4.15. The quantitative estimate of drug-likeness (QED) is 0.736. The lowest BCUT2D eigenvalue weighted by Crippen LogP contribution is -2.34. The lowest BCUT2D eigenvalue weighted by Gasteiger charge is -2.29. The zero-order valence-corrected chi connectivity index (χ0v) is 13.3. The van der Waals surface area contributed by atoms with Gasteiger partial charge in [0.05, 0.1) is 5.92 Å². The first-order valence-corrected chi connectivity index (χ1v) is 7.82. The van der Waals surface area contributed by atoms with E-state index >= 15 is 0 Å². The molecule has 1 atom stereocenters. The van der Waals surface area contributed by atoms with Crippen molar-refractivity contribution in [2.24, 2.45) is 0 Å². The highest BCUT2D eigenvalue weighted by atomic mass is 16.5. The lowest BCUT2D eigenvalue weighted by atomic mass is 9.98. The molecule has 120 valence electrons. The molecule has 1 aliphatic heterocycles. The zero-order valence-electron chi connectivity index (χ0n) is 13.3. The van der Waals surface area contributed by atoms with E-state index in [4.69, 9.17) is 8.94 Å². The summed E-state index contributed by atoms with van der Waals surface area (Å²) in [4.78, 5) is 13.1. The highest BCUT2D eigenvalue weighted by molar-refractivity contribution is 5.74. The fourth-order valence-electron chi connectivity index (χ4n) is 2.92.